The summed E-state index contributed by atoms with van der Waals surface area (Å²) in [7, 11) is 1.56. The van der Waals surface area contributed by atoms with Gasteiger partial charge in [0.25, 0.3) is 0 Å². The Bertz CT molecular complexity index is 843. The molecule has 6 nitrogen and oxygen atoms in total. The molecule has 1 amide bonds. The molecule has 0 spiro atoms. The number of benzene rings is 1. The molecule has 0 bridgehead atoms. The van der Waals surface area contributed by atoms with E-state index >= 15 is 0 Å². The van der Waals surface area contributed by atoms with E-state index in [1.807, 2.05) is 48.7 Å². The van der Waals surface area contributed by atoms with Crippen molar-refractivity contribution >= 4 is 22.9 Å². The molecule has 0 aliphatic carbocycles. The van der Waals surface area contributed by atoms with Crippen molar-refractivity contribution in [2.24, 2.45) is 0 Å². The summed E-state index contributed by atoms with van der Waals surface area (Å²) in [5.41, 5.74) is 2.29. The summed E-state index contributed by atoms with van der Waals surface area (Å²) in [4.78, 5) is 13.0. The Morgan fingerprint density at radius 1 is 1.32 bits per heavy atom. The Morgan fingerprint density at radius 3 is 2.96 bits per heavy atom. The number of nitrogens with zero attached hydrogens (tertiary/aromatic N) is 1. The molecule has 0 saturated heterocycles. The zero-order valence-electron chi connectivity index (χ0n) is 13.9. The number of methoxy groups -OCH3 is 1. The van der Waals surface area contributed by atoms with E-state index in [1.54, 1.807) is 18.4 Å². The van der Waals surface area contributed by atoms with Gasteiger partial charge in [-0.1, -0.05) is 17.3 Å². The van der Waals surface area contributed by atoms with Crippen molar-refractivity contribution in [1.29, 1.82) is 0 Å². The number of rotatable bonds is 7. The molecule has 7 heteroatoms. The third kappa shape index (κ3) is 4.46. The van der Waals surface area contributed by atoms with Crippen molar-refractivity contribution in [2.45, 2.75) is 13.5 Å². The molecule has 3 aromatic rings. The van der Waals surface area contributed by atoms with Crippen LogP contribution in [-0.2, 0) is 16.1 Å². The predicted molar refractivity (Wildman–Crippen MR) is 95.8 cm³/mol. The molecular weight excluding hydrogens is 340 g/mol. The van der Waals surface area contributed by atoms with Gasteiger partial charge in [-0.15, -0.1) is 11.3 Å². The molecule has 1 N–H and O–H groups in total. The summed E-state index contributed by atoms with van der Waals surface area (Å²) < 4.78 is 15.9. The molecule has 130 valence electrons. The van der Waals surface area contributed by atoms with E-state index in [9.17, 15) is 4.79 Å². The number of carbonyl (C=O) groups is 1. The van der Waals surface area contributed by atoms with E-state index in [1.165, 1.54) is 0 Å². The highest BCUT2D eigenvalue weighted by Crippen LogP contribution is 2.26. The minimum absolute atomic E-state index is 0.0850. The van der Waals surface area contributed by atoms with Gasteiger partial charge >= 0.3 is 0 Å². The number of aryl methyl sites for hydroxylation is 1. The number of hydrogen-bond acceptors (Lipinski definition) is 6. The van der Waals surface area contributed by atoms with Crippen molar-refractivity contribution in [3.63, 3.8) is 0 Å². The molecule has 2 aromatic heterocycles. The number of nitrogens with one attached hydrogen (secondary N) is 1. The zero-order chi connectivity index (χ0) is 17.6. The van der Waals surface area contributed by atoms with E-state index in [-0.39, 0.29) is 19.1 Å². The number of amides is 1. The maximum absolute atomic E-state index is 12.0. The van der Waals surface area contributed by atoms with Crippen molar-refractivity contribution in [2.75, 3.05) is 19.0 Å². The van der Waals surface area contributed by atoms with Gasteiger partial charge in [-0.2, -0.15) is 0 Å². The van der Waals surface area contributed by atoms with Crippen molar-refractivity contribution in [3.05, 3.63) is 53.0 Å². The standard InChI is InChI=1S/C18H18N2O4S/c1-12-5-6-15(22-2)14(8-12)19-18(21)11-23-10-13-9-16(24-20-13)17-4-3-7-25-17/h3-9H,10-11H2,1-2H3,(H,19,21). The Labute approximate surface area is 149 Å². The molecule has 0 fully saturated rings. The molecule has 1 aromatic carbocycles. The SMILES string of the molecule is COc1ccc(C)cc1NC(=O)COCc1cc(-c2cccs2)on1. The zero-order valence-corrected chi connectivity index (χ0v) is 14.8. The lowest BCUT2D eigenvalue weighted by Gasteiger charge is -2.11. The van der Waals surface area contributed by atoms with Gasteiger partial charge in [0.15, 0.2) is 5.76 Å². The third-order valence-corrected chi connectivity index (χ3v) is 4.32. The average molecular weight is 358 g/mol. The summed E-state index contributed by atoms with van der Waals surface area (Å²) in [5.74, 6) is 1.05. The lowest BCUT2D eigenvalue weighted by Crippen LogP contribution is -2.18. The third-order valence-electron chi connectivity index (χ3n) is 3.44. The van der Waals surface area contributed by atoms with Gasteiger partial charge in [-0.25, -0.2) is 0 Å². The lowest BCUT2D eigenvalue weighted by molar-refractivity contribution is -0.121. The number of carbonyl (C=O) groups excluding carboxylic acids is 1. The minimum Gasteiger partial charge on any atom is -0.495 e. The first kappa shape index (κ1) is 17.2. The lowest BCUT2D eigenvalue weighted by atomic mass is 10.2. The normalized spacial score (nSPS) is 10.6. The van der Waals surface area contributed by atoms with E-state index in [0.717, 1.165) is 10.4 Å². The summed E-state index contributed by atoms with van der Waals surface area (Å²) in [5, 5.41) is 8.70. The van der Waals surface area contributed by atoms with Gasteiger partial charge in [0.1, 0.15) is 18.1 Å². The van der Waals surface area contributed by atoms with Gasteiger partial charge in [0.2, 0.25) is 5.91 Å². The van der Waals surface area contributed by atoms with Crippen LogP contribution in [0, 0.1) is 6.92 Å². The summed E-state index contributed by atoms with van der Waals surface area (Å²) in [6, 6.07) is 11.3. The highest BCUT2D eigenvalue weighted by molar-refractivity contribution is 7.13. The fourth-order valence-corrected chi connectivity index (χ4v) is 2.94. The van der Waals surface area contributed by atoms with Crippen LogP contribution in [0.25, 0.3) is 10.6 Å². The Balaban J connectivity index is 1.51. The summed E-state index contributed by atoms with van der Waals surface area (Å²) in [6.45, 7) is 2.06. The number of thiophene rings is 1. The maximum atomic E-state index is 12.0. The Morgan fingerprint density at radius 2 is 2.20 bits per heavy atom. The average Bonchev–Trinajstić information content (AvgIpc) is 3.26. The van der Waals surface area contributed by atoms with Gasteiger partial charge < -0.3 is 19.3 Å². The molecule has 2 heterocycles. The van der Waals surface area contributed by atoms with E-state index in [2.05, 4.69) is 10.5 Å². The van der Waals surface area contributed by atoms with Crippen LogP contribution in [0.3, 0.4) is 0 Å². The predicted octanol–water partition coefficient (Wildman–Crippen LogP) is 3.88. The molecule has 0 atom stereocenters. The first-order valence-electron chi connectivity index (χ1n) is 7.67. The van der Waals surface area contributed by atoms with Crippen LogP contribution in [0.2, 0.25) is 0 Å². The van der Waals surface area contributed by atoms with Gasteiger partial charge in [0.05, 0.1) is 24.3 Å². The van der Waals surface area contributed by atoms with Gasteiger partial charge in [-0.3, -0.25) is 4.79 Å². The molecule has 3 rings (SSSR count). The molecule has 0 saturated carbocycles. The Kier molecular flexibility index (Phi) is 5.47. The smallest absolute Gasteiger partial charge is 0.250 e. The van der Waals surface area contributed by atoms with E-state index < -0.39 is 0 Å². The first-order chi connectivity index (χ1) is 12.2. The van der Waals surface area contributed by atoms with Crippen LogP contribution < -0.4 is 10.1 Å². The number of anilines is 1. The Hall–Kier alpha value is -2.64. The summed E-state index contributed by atoms with van der Waals surface area (Å²) >= 11 is 1.57. The fraction of sp³-hybridized carbons (Fsp3) is 0.222. The quantitative estimate of drug-likeness (QED) is 0.694. The van der Waals surface area contributed by atoms with Gasteiger partial charge in [-0.05, 0) is 36.1 Å². The largest absolute Gasteiger partial charge is 0.495 e. The second kappa shape index (κ2) is 7.96. The molecular formula is C18H18N2O4S. The van der Waals surface area contributed by atoms with Crippen LogP contribution in [0.1, 0.15) is 11.3 Å². The first-order valence-corrected chi connectivity index (χ1v) is 8.55. The van der Waals surface area contributed by atoms with Crippen molar-refractivity contribution < 1.29 is 18.8 Å². The maximum Gasteiger partial charge on any atom is 0.250 e. The van der Waals surface area contributed by atoms with E-state index in [0.29, 0.717) is 22.9 Å². The van der Waals surface area contributed by atoms with Crippen LogP contribution in [-0.4, -0.2) is 24.8 Å². The number of aromatic nitrogens is 1. The molecule has 25 heavy (non-hydrogen) atoms. The van der Waals surface area contributed by atoms with Crippen LogP contribution in [0.15, 0.2) is 46.3 Å². The molecule has 0 radical (unpaired) electrons. The molecule has 0 unspecified atom stereocenters. The van der Waals surface area contributed by atoms with Crippen LogP contribution in [0.4, 0.5) is 5.69 Å². The number of hydrogen-bond donors (Lipinski definition) is 1. The number of ether oxygens (including phenoxy) is 2. The fourth-order valence-electron chi connectivity index (χ4n) is 2.27. The second-order valence-electron chi connectivity index (χ2n) is 5.40. The highest BCUT2D eigenvalue weighted by atomic mass is 32.1. The van der Waals surface area contributed by atoms with Crippen LogP contribution >= 0.6 is 11.3 Å². The topological polar surface area (TPSA) is 73.6 Å². The van der Waals surface area contributed by atoms with Crippen molar-refractivity contribution in [3.8, 4) is 16.4 Å². The second-order valence-corrected chi connectivity index (χ2v) is 6.35. The monoisotopic (exact) mass is 358 g/mol. The van der Waals surface area contributed by atoms with Crippen molar-refractivity contribution in [1.82, 2.24) is 5.16 Å². The van der Waals surface area contributed by atoms with Crippen LogP contribution in [0.5, 0.6) is 5.75 Å². The highest BCUT2D eigenvalue weighted by Gasteiger charge is 2.10. The molecule has 0 aliphatic rings. The summed E-state index contributed by atoms with van der Waals surface area (Å²) in [6.07, 6.45) is 0. The molecule has 0 aliphatic heterocycles. The van der Waals surface area contributed by atoms with Gasteiger partial charge in [0, 0.05) is 6.07 Å². The van der Waals surface area contributed by atoms with E-state index in [4.69, 9.17) is 14.0 Å². The minimum atomic E-state index is -0.258.